The highest BCUT2D eigenvalue weighted by atomic mass is 16.6. The van der Waals surface area contributed by atoms with Crippen LogP contribution in [-0.4, -0.2) is 10.9 Å². The van der Waals surface area contributed by atoms with Gasteiger partial charge in [-0.1, -0.05) is 36.4 Å². The molecule has 1 aliphatic heterocycles. The molecule has 0 aliphatic carbocycles. The molecule has 6 nitrogen and oxygen atoms in total. The summed E-state index contributed by atoms with van der Waals surface area (Å²) in [5.41, 5.74) is 1.35. The van der Waals surface area contributed by atoms with Crippen molar-refractivity contribution in [2.24, 2.45) is 0 Å². The van der Waals surface area contributed by atoms with Gasteiger partial charge in [-0.15, -0.1) is 0 Å². The molecule has 1 atom stereocenters. The molecule has 0 amide bonds. The first-order valence-electron chi connectivity index (χ1n) is 6.63. The topological polar surface area (TPSA) is 81.5 Å². The lowest BCUT2D eigenvalue weighted by molar-refractivity contribution is -0.436. The van der Waals surface area contributed by atoms with Crippen LogP contribution in [0.3, 0.4) is 0 Å². The van der Waals surface area contributed by atoms with E-state index in [-0.39, 0.29) is 5.70 Å². The number of fused-ring (bicyclic) bond motifs is 1. The third kappa shape index (κ3) is 2.54. The van der Waals surface area contributed by atoms with Crippen LogP contribution in [0.1, 0.15) is 22.0 Å². The molecule has 110 valence electrons. The van der Waals surface area contributed by atoms with Gasteiger partial charge in [0.25, 0.3) is 0 Å². The van der Waals surface area contributed by atoms with Crippen LogP contribution in [0.25, 0.3) is 0 Å². The van der Waals surface area contributed by atoms with Gasteiger partial charge in [-0.25, -0.2) is 4.79 Å². The molecule has 1 heterocycles. The first-order valence-corrected chi connectivity index (χ1v) is 6.63. The number of ether oxygens (including phenoxy) is 1. The van der Waals surface area contributed by atoms with Crippen LogP contribution >= 0.6 is 0 Å². The van der Waals surface area contributed by atoms with E-state index in [4.69, 9.17) is 4.74 Å². The molecule has 1 unspecified atom stereocenters. The molecule has 22 heavy (non-hydrogen) atoms. The normalized spacial score (nSPS) is 16.8. The van der Waals surface area contributed by atoms with Crippen LogP contribution in [0.2, 0.25) is 0 Å². The van der Waals surface area contributed by atoms with Crippen molar-refractivity contribution in [3.8, 4) is 0 Å². The van der Waals surface area contributed by atoms with Crippen LogP contribution in [0.15, 0.2) is 66.5 Å². The molecule has 0 radical (unpaired) electrons. The second kappa shape index (κ2) is 5.69. The fourth-order valence-electron chi connectivity index (χ4n) is 2.28. The Morgan fingerprint density at radius 2 is 1.82 bits per heavy atom. The zero-order chi connectivity index (χ0) is 15.5. The Morgan fingerprint density at radius 1 is 1.14 bits per heavy atom. The highest BCUT2D eigenvalue weighted by molar-refractivity contribution is 5.94. The number of cyclic esters (lactones) is 1. The first-order chi connectivity index (χ1) is 10.7. The van der Waals surface area contributed by atoms with E-state index in [0.29, 0.717) is 16.8 Å². The van der Waals surface area contributed by atoms with E-state index in [1.807, 2.05) is 18.2 Å². The van der Waals surface area contributed by atoms with Gasteiger partial charge in [-0.05, 0) is 18.2 Å². The number of anilines is 1. The van der Waals surface area contributed by atoms with Gasteiger partial charge in [0.1, 0.15) is 0 Å². The van der Waals surface area contributed by atoms with Gasteiger partial charge in [0.05, 0.1) is 16.7 Å². The van der Waals surface area contributed by atoms with Gasteiger partial charge >= 0.3 is 11.7 Å². The summed E-state index contributed by atoms with van der Waals surface area (Å²) in [6.45, 7) is 0. The smallest absolute Gasteiger partial charge is 0.339 e. The number of rotatable bonds is 4. The quantitative estimate of drug-likeness (QED) is 0.532. The van der Waals surface area contributed by atoms with Gasteiger partial charge in [-0.3, -0.25) is 10.1 Å². The fraction of sp³-hybridized carbons (Fsp3) is 0.0625. The van der Waals surface area contributed by atoms with Crippen LogP contribution in [0.5, 0.6) is 0 Å². The average molecular weight is 296 g/mol. The fourth-order valence-corrected chi connectivity index (χ4v) is 2.28. The Bertz CT molecular complexity index is 756. The molecule has 0 bridgehead atoms. The van der Waals surface area contributed by atoms with Gasteiger partial charge in [0.15, 0.2) is 0 Å². The second-order valence-corrected chi connectivity index (χ2v) is 4.71. The van der Waals surface area contributed by atoms with Crippen LogP contribution in [0, 0.1) is 10.1 Å². The zero-order valence-corrected chi connectivity index (χ0v) is 11.4. The van der Waals surface area contributed by atoms with Gasteiger partial charge < -0.3 is 10.1 Å². The van der Waals surface area contributed by atoms with E-state index in [1.165, 1.54) is 6.20 Å². The molecule has 0 saturated carbocycles. The first kappa shape index (κ1) is 13.8. The minimum absolute atomic E-state index is 0.220. The summed E-state index contributed by atoms with van der Waals surface area (Å²) < 4.78 is 5.15. The maximum atomic E-state index is 11.8. The maximum absolute atomic E-state index is 11.8. The van der Waals surface area contributed by atoms with E-state index in [0.717, 1.165) is 0 Å². The summed E-state index contributed by atoms with van der Waals surface area (Å²) in [6.07, 6.45) is 0.255. The largest absolute Gasteiger partial charge is 0.442 e. The zero-order valence-electron chi connectivity index (χ0n) is 11.4. The molecule has 0 spiro atoms. The van der Waals surface area contributed by atoms with Crippen molar-refractivity contribution in [1.82, 2.24) is 0 Å². The van der Waals surface area contributed by atoms with Crippen molar-refractivity contribution < 1.29 is 14.5 Å². The number of para-hydroxylation sites is 1. The molecule has 6 heteroatoms. The highest BCUT2D eigenvalue weighted by Gasteiger charge is 2.39. The van der Waals surface area contributed by atoms with Crippen molar-refractivity contribution in [3.05, 3.63) is 87.7 Å². The Balaban J connectivity index is 1.93. The highest BCUT2D eigenvalue weighted by Crippen LogP contribution is 2.35. The van der Waals surface area contributed by atoms with Crippen LogP contribution < -0.4 is 5.32 Å². The number of nitrogens with zero attached hydrogens (tertiary/aromatic N) is 1. The second-order valence-electron chi connectivity index (χ2n) is 4.71. The van der Waals surface area contributed by atoms with E-state index in [1.54, 1.807) is 36.4 Å². The molecule has 0 aromatic heterocycles. The van der Waals surface area contributed by atoms with Gasteiger partial charge in [0, 0.05) is 11.3 Å². The summed E-state index contributed by atoms with van der Waals surface area (Å²) in [7, 11) is 0. The SMILES string of the molecule is O=C1OC(/C(=C\Nc2ccccc2)[N+](=O)[O-])c2ccccc21. The average Bonchev–Trinajstić information content (AvgIpc) is 2.86. The van der Waals surface area contributed by atoms with Crippen molar-refractivity contribution in [1.29, 1.82) is 0 Å². The maximum Gasteiger partial charge on any atom is 0.339 e. The van der Waals surface area contributed by atoms with E-state index in [2.05, 4.69) is 5.32 Å². The summed E-state index contributed by atoms with van der Waals surface area (Å²) in [5.74, 6) is -0.548. The molecule has 0 saturated heterocycles. The molecule has 1 N–H and O–H groups in total. The third-order valence-corrected chi connectivity index (χ3v) is 3.33. The molecule has 2 aromatic rings. The van der Waals surface area contributed by atoms with Crippen molar-refractivity contribution in [3.63, 3.8) is 0 Å². The molecular weight excluding hydrogens is 284 g/mol. The van der Waals surface area contributed by atoms with Crippen LogP contribution in [-0.2, 0) is 4.74 Å². The van der Waals surface area contributed by atoms with Gasteiger partial charge in [-0.2, -0.15) is 0 Å². The number of carbonyl (C=O) groups is 1. The molecule has 1 aliphatic rings. The summed E-state index contributed by atoms with van der Waals surface area (Å²) in [5, 5.41) is 14.2. The summed E-state index contributed by atoms with van der Waals surface area (Å²) in [4.78, 5) is 22.6. The minimum Gasteiger partial charge on any atom is -0.442 e. The number of hydrogen-bond donors (Lipinski definition) is 1. The van der Waals surface area contributed by atoms with Crippen molar-refractivity contribution >= 4 is 11.7 Å². The summed E-state index contributed by atoms with van der Waals surface area (Å²) in [6, 6.07) is 15.7. The predicted octanol–water partition coefficient (Wildman–Crippen LogP) is 3.13. The lowest BCUT2D eigenvalue weighted by Crippen LogP contribution is -2.12. The van der Waals surface area contributed by atoms with Crippen molar-refractivity contribution in [2.45, 2.75) is 6.10 Å². The number of nitrogens with one attached hydrogen (secondary N) is 1. The number of carbonyl (C=O) groups excluding carboxylic acids is 1. The number of nitro groups is 1. The van der Waals surface area contributed by atoms with Crippen molar-refractivity contribution in [2.75, 3.05) is 5.32 Å². The Hall–Kier alpha value is -3.15. The molecule has 0 fully saturated rings. The molecular formula is C16H12N2O4. The Morgan fingerprint density at radius 3 is 2.55 bits per heavy atom. The Labute approximate surface area is 126 Å². The van der Waals surface area contributed by atoms with E-state index >= 15 is 0 Å². The number of esters is 1. The minimum atomic E-state index is -1.00. The van der Waals surface area contributed by atoms with Crippen LogP contribution in [0.4, 0.5) is 5.69 Å². The molecule has 2 aromatic carbocycles. The molecule has 3 rings (SSSR count). The van der Waals surface area contributed by atoms with Gasteiger partial charge in [0.2, 0.25) is 6.10 Å². The summed E-state index contributed by atoms with van der Waals surface area (Å²) >= 11 is 0. The number of hydrogen-bond acceptors (Lipinski definition) is 5. The standard InChI is InChI=1S/C16H12N2O4/c19-16-13-9-5-4-8-12(13)15(22-16)14(18(20)21)10-17-11-6-2-1-3-7-11/h1-10,15,17H/b14-10+. The lowest BCUT2D eigenvalue weighted by Gasteiger charge is -2.08. The third-order valence-electron chi connectivity index (χ3n) is 3.33. The van der Waals surface area contributed by atoms with E-state index in [9.17, 15) is 14.9 Å². The Kier molecular flexibility index (Phi) is 3.57. The predicted molar refractivity (Wildman–Crippen MR) is 79.7 cm³/mol. The van der Waals surface area contributed by atoms with E-state index < -0.39 is 17.0 Å². The monoisotopic (exact) mass is 296 g/mol. The lowest BCUT2D eigenvalue weighted by atomic mass is 10.0. The number of benzene rings is 2.